The van der Waals surface area contributed by atoms with Crippen LogP contribution in [0.4, 0.5) is 4.39 Å². The molecular weight excluding hydrogens is 499 g/mol. The number of nitrogens with zero attached hydrogens (tertiary/aromatic N) is 2. The van der Waals surface area contributed by atoms with E-state index in [1.807, 2.05) is 23.9 Å². The highest BCUT2D eigenvalue weighted by Crippen LogP contribution is 2.25. The van der Waals surface area contributed by atoms with E-state index in [1.165, 1.54) is 39.3 Å². The quantitative estimate of drug-likeness (QED) is 0.115. The van der Waals surface area contributed by atoms with Crippen LogP contribution < -0.4 is 0 Å². The molecular formula is C32H34ClFN2S. The highest BCUT2D eigenvalue weighted by molar-refractivity contribution is 7.99. The molecule has 0 aromatic heterocycles. The van der Waals surface area contributed by atoms with E-state index >= 15 is 0 Å². The zero-order valence-electron chi connectivity index (χ0n) is 21.5. The van der Waals surface area contributed by atoms with Crippen LogP contribution >= 0.6 is 23.4 Å². The van der Waals surface area contributed by atoms with Crippen LogP contribution in [0.15, 0.2) is 107 Å². The maximum absolute atomic E-state index is 12.3. The predicted octanol–water partition coefficient (Wildman–Crippen LogP) is 8.78. The zero-order valence-corrected chi connectivity index (χ0v) is 23.1. The van der Waals surface area contributed by atoms with Crippen LogP contribution in [-0.2, 0) is 19.5 Å². The third kappa shape index (κ3) is 10.5. The minimum Gasteiger partial charge on any atom is -0.296 e. The van der Waals surface area contributed by atoms with Gasteiger partial charge in [0.15, 0.2) is 0 Å². The summed E-state index contributed by atoms with van der Waals surface area (Å²) in [6.07, 6.45) is 1.03. The molecule has 0 radical (unpaired) electrons. The number of aryl methyl sites for hydroxylation is 2. The van der Waals surface area contributed by atoms with Crippen LogP contribution in [0.25, 0.3) is 0 Å². The summed E-state index contributed by atoms with van der Waals surface area (Å²) in [5, 5.41) is 0.797. The van der Waals surface area contributed by atoms with Crippen molar-refractivity contribution in [2.75, 3.05) is 12.4 Å². The van der Waals surface area contributed by atoms with Gasteiger partial charge in [-0.15, -0.1) is 11.8 Å². The van der Waals surface area contributed by atoms with Crippen molar-refractivity contribution in [3.63, 3.8) is 0 Å². The maximum Gasteiger partial charge on any atom is 0.123 e. The number of hydrogen-bond acceptors (Lipinski definition) is 3. The van der Waals surface area contributed by atoms with Gasteiger partial charge in [0.25, 0.3) is 0 Å². The van der Waals surface area contributed by atoms with Crippen LogP contribution in [0, 0.1) is 19.7 Å². The highest BCUT2D eigenvalue weighted by Gasteiger charge is 2.09. The number of benzene rings is 4. The van der Waals surface area contributed by atoms with E-state index in [-0.39, 0.29) is 5.82 Å². The largest absolute Gasteiger partial charge is 0.296 e. The summed E-state index contributed by atoms with van der Waals surface area (Å²) in [5.74, 6) is 0.764. The Balaban J connectivity index is 0.000000319. The Morgan fingerprint density at radius 3 is 2.16 bits per heavy atom. The van der Waals surface area contributed by atoms with E-state index in [4.69, 9.17) is 11.6 Å². The van der Waals surface area contributed by atoms with Gasteiger partial charge in [-0.05, 0) is 79.6 Å². The molecule has 0 N–H and O–H groups in total. The fourth-order valence-corrected chi connectivity index (χ4v) is 4.93. The van der Waals surface area contributed by atoms with Crippen molar-refractivity contribution in [3.8, 4) is 0 Å². The number of rotatable bonds is 10. The second-order valence-corrected chi connectivity index (χ2v) is 10.4. The third-order valence-electron chi connectivity index (χ3n) is 5.82. The summed E-state index contributed by atoms with van der Waals surface area (Å²) in [5.41, 5.74) is 6.35. The molecule has 0 aliphatic rings. The van der Waals surface area contributed by atoms with E-state index in [1.54, 1.807) is 12.1 Å². The van der Waals surface area contributed by atoms with Gasteiger partial charge >= 0.3 is 0 Å². The average Bonchev–Trinajstić information content (AvgIpc) is 2.90. The van der Waals surface area contributed by atoms with Gasteiger partial charge in [0, 0.05) is 28.9 Å². The lowest BCUT2D eigenvalue weighted by Crippen LogP contribution is -2.25. The Hall–Kier alpha value is -2.92. The minimum atomic E-state index is -0.215. The van der Waals surface area contributed by atoms with Gasteiger partial charge in [-0.25, -0.2) is 4.39 Å². The van der Waals surface area contributed by atoms with Crippen LogP contribution in [-0.4, -0.2) is 24.0 Å². The zero-order chi connectivity index (χ0) is 26.5. The van der Waals surface area contributed by atoms with Crippen molar-refractivity contribution in [1.29, 1.82) is 0 Å². The second kappa shape index (κ2) is 15.4. The molecule has 0 aliphatic carbocycles. The van der Waals surface area contributed by atoms with E-state index in [2.05, 4.69) is 91.1 Å². The van der Waals surface area contributed by atoms with Gasteiger partial charge in [0.05, 0.1) is 6.54 Å². The molecule has 5 heteroatoms. The van der Waals surface area contributed by atoms with Crippen LogP contribution in [0.1, 0.15) is 27.8 Å². The predicted molar refractivity (Wildman–Crippen MR) is 158 cm³/mol. The number of thioether (sulfide) groups is 1. The van der Waals surface area contributed by atoms with E-state index in [0.717, 1.165) is 36.0 Å². The Morgan fingerprint density at radius 2 is 1.51 bits per heavy atom. The van der Waals surface area contributed by atoms with Crippen LogP contribution in [0.5, 0.6) is 0 Å². The molecule has 192 valence electrons. The van der Waals surface area contributed by atoms with Crippen molar-refractivity contribution in [2.45, 2.75) is 38.3 Å². The molecule has 0 saturated carbocycles. The van der Waals surface area contributed by atoms with Crippen molar-refractivity contribution < 1.29 is 4.39 Å². The first-order valence-electron chi connectivity index (χ1n) is 12.3. The molecule has 4 aromatic rings. The molecule has 0 atom stereocenters. The summed E-state index contributed by atoms with van der Waals surface area (Å²) in [6, 6.07) is 31.9. The van der Waals surface area contributed by atoms with E-state index in [9.17, 15) is 4.39 Å². The Morgan fingerprint density at radius 1 is 0.838 bits per heavy atom. The molecule has 0 unspecified atom stereocenters. The molecule has 2 nitrogen and oxygen atoms in total. The van der Waals surface area contributed by atoms with Crippen molar-refractivity contribution in [3.05, 3.63) is 136 Å². The average molecular weight is 533 g/mol. The SMILES string of the molecule is C=NCc1ccc(F)cc1.Cc1ccc(SCN(CCc2ccc(Cl)cc2)Cc2ccccc2)c(C)c1. The highest BCUT2D eigenvalue weighted by atomic mass is 35.5. The number of hydrogen-bond donors (Lipinski definition) is 0. The first kappa shape index (κ1) is 28.6. The van der Waals surface area contributed by atoms with Crippen molar-refractivity contribution >= 4 is 30.1 Å². The van der Waals surface area contributed by atoms with E-state index in [0.29, 0.717) is 6.54 Å². The maximum atomic E-state index is 12.3. The van der Waals surface area contributed by atoms with Crippen molar-refractivity contribution in [1.82, 2.24) is 4.90 Å². The van der Waals surface area contributed by atoms with Gasteiger partial charge in [0.1, 0.15) is 5.82 Å². The molecule has 0 fully saturated rings. The lowest BCUT2D eigenvalue weighted by molar-refractivity contribution is 0.317. The molecule has 0 spiro atoms. The van der Waals surface area contributed by atoms with Gasteiger partial charge in [-0.2, -0.15) is 0 Å². The summed E-state index contributed by atoms with van der Waals surface area (Å²) in [6.45, 7) is 10.2. The molecule has 4 rings (SSSR count). The van der Waals surface area contributed by atoms with Gasteiger partial charge in [-0.1, -0.05) is 83.9 Å². The molecule has 0 heterocycles. The van der Waals surface area contributed by atoms with Gasteiger partial charge in [-0.3, -0.25) is 9.89 Å². The summed E-state index contributed by atoms with van der Waals surface area (Å²) in [7, 11) is 0. The molecule has 37 heavy (non-hydrogen) atoms. The summed E-state index contributed by atoms with van der Waals surface area (Å²) < 4.78 is 12.3. The first-order valence-corrected chi connectivity index (χ1v) is 13.7. The number of halogens is 2. The molecule has 0 saturated heterocycles. The summed E-state index contributed by atoms with van der Waals surface area (Å²) >= 11 is 7.94. The monoisotopic (exact) mass is 532 g/mol. The van der Waals surface area contributed by atoms with Gasteiger partial charge in [0.2, 0.25) is 0 Å². The third-order valence-corrected chi connectivity index (χ3v) is 7.33. The molecule has 0 bridgehead atoms. The minimum absolute atomic E-state index is 0.215. The first-order chi connectivity index (χ1) is 17.9. The fourth-order valence-electron chi connectivity index (χ4n) is 3.81. The fraction of sp³-hybridized carbons (Fsp3) is 0.219. The molecule has 0 amide bonds. The summed E-state index contributed by atoms with van der Waals surface area (Å²) in [4.78, 5) is 7.55. The standard InChI is InChI=1S/C24H26ClNS.C8H8FN/c1-19-8-13-24(20(2)16-19)27-18-26(17-22-6-4-3-5-7-22)15-14-21-9-11-23(25)12-10-21;1-10-6-7-2-4-8(9)5-3-7/h3-13,16H,14-15,17-18H2,1-2H3;2-5H,1,6H2. The Bertz CT molecular complexity index is 1230. The number of aliphatic imine (C=N–C) groups is 1. The van der Waals surface area contributed by atoms with Gasteiger partial charge < -0.3 is 0 Å². The lowest BCUT2D eigenvalue weighted by Gasteiger charge is -2.22. The normalized spacial score (nSPS) is 10.6. The lowest BCUT2D eigenvalue weighted by atomic mass is 10.1. The molecule has 0 aliphatic heterocycles. The Kier molecular flexibility index (Phi) is 11.9. The van der Waals surface area contributed by atoms with Crippen LogP contribution in [0.2, 0.25) is 5.02 Å². The van der Waals surface area contributed by atoms with Crippen molar-refractivity contribution in [2.24, 2.45) is 4.99 Å². The topological polar surface area (TPSA) is 15.6 Å². The second-order valence-electron chi connectivity index (χ2n) is 8.97. The smallest absolute Gasteiger partial charge is 0.123 e. The molecule has 4 aromatic carbocycles. The Labute approximate surface area is 230 Å². The van der Waals surface area contributed by atoms with E-state index < -0.39 is 0 Å². The van der Waals surface area contributed by atoms with Crippen LogP contribution in [0.3, 0.4) is 0 Å².